The number of anilines is 1. The monoisotopic (exact) mass is 319 g/mol. The Bertz CT molecular complexity index is 379. The molecule has 0 unspecified atom stereocenters. The third kappa shape index (κ3) is 1.43. The largest absolute Gasteiger partial charge is 0.369 e. The molecule has 2 aliphatic rings. The minimum atomic E-state index is 0.701. The summed E-state index contributed by atoms with van der Waals surface area (Å²) in [7, 11) is 0. The van der Waals surface area contributed by atoms with Gasteiger partial charge < -0.3 is 4.90 Å². The highest BCUT2D eigenvalue weighted by atomic mass is 127. The highest BCUT2D eigenvalue weighted by Gasteiger charge is 2.52. The summed E-state index contributed by atoms with van der Waals surface area (Å²) in [5.74, 6) is 0. The normalized spacial score (nSPS) is 22.3. The van der Waals surface area contributed by atoms with Gasteiger partial charge in [-0.1, -0.05) is 11.6 Å². The molecular formula is C11H11ClIN. The second-order valence-corrected chi connectivity index (χ2v) is 6.10. The van der Waals surface area contributed by atoms with E-state index in [0.29, 0.717) is 5.41 Å². The lowest BCUT2D eigenvalue weighted by Crippen LogP contribution is -2.48. The third-order valence-electron chi connectivity index (χ3n) is 3.26. The molecule has 1 nitrogen and oxygen atoms in total. The zero-order chi connectivity index (χ0) is 9.76. The summed E-state index contributed by atoms with van der Waals surface area (Å²) in [5, 5.41) is 0.896. The standard InChI is InChI=1S/C11H11ClIN/c12-9-5-8(13)1-2-10(9)14-6-11(7-14)3-4-11/h1-2,5H,3-4,6-7H2. The summed E-state index contributed by atoms with van der Waals surface area (Å²) in [4.78, 5) is 2.39. The van der Waals surface area contributed by atoms with Crippen LogP contribution in [0.1, 0.15) is 12.8 Å². The van der Waals surface area contributed by atoms with E-state index < -0.39 is 0 Å². The van der Waals surface area contributed by atoms with Crippen LogP contribution in [0.4, 0.5) is 5.69 Å². The predicted molar refractivity (Wildman–Crippen MR) is 68.0 cm³/mol. The molecule has 0 bridgehead atoms. The molecule has 0 amide bonds. The van der Waals surface area contributed by atoms with Gasteiger partial charge in [-0.25, -0.2) is 0 Å². The van der Waals surface area contributed by atoms with Crippen LogP contribution in [0.5, 0.6) is 0 Å². The van der Waals surface area contributed by atoms with Crippen molar-refractivity contribution in [1.82, 2.24) is 0 Å². The zero-order valence-corrected chi connectivity index (χ0v) is 10.7. The van der Waals surface area contributed by atoms with Crippen LogP contribution in [0.25, 0.3) is 0 Å². The highest BCUT2D eigenvalue weighted by Crippen LogP contribution is 2.54. The fourth-order valence-corrected chi connectivity index (χ4v) is 3.14. The van der Waals surface area contributed by atoms with Crippen LogP contribution in [-0.2, 0) is 0 Å². The summed E-state index contributed by atoms with van der Waals surface area (Å²) in [6.07, 6.45) is 2.84. The molecule has 1 aliphatic heterocycles. The summed E-state index contributed by atoms with van der Waals surface area (Å²) in [6, 6.07) is 6.30. The van der Waals surface area contributed by atoms with Crippen molar-refractivity contribution in [2.24, 2.45) is 5.41 Å². The van der Waals surface area contributed by atoms with Gasteiger partial charge in [-0.15, -0.1) is 0 Å². The summed E-state index contributed by atoms with van der Waals surface area (Å²) in [6.45, 7) is 2.43. The van der Waals surface area contributed by atoms with E-state index in [1.54, 1.807) is 0 Å². The van der Waals surface area contributed by atoms with Gasteiger partial charge in [-0.3, -0.25) is 0 Å². The maximum Gasteiger partial charge on any atom is 0.0650 e. The molecule has 3 heteroatoms. The van der Waals surface area contributed by atoms with E-state index >= 15 is 0 Å². The van der Waals surface area contributed by atoms with Crippen LogP contribution in [-0.4, -0.2) is 13.1 Å². The summed E-state index contributed by atoms with van der Waals surface area (Å²) < 4.78 is 1.21. The van der Waals surface area contributed by atoms with E-state index in [4.69, 9.17) is 11.6 Å². The Morgan fingerprint density at radius 3 is 2.57 bits per heavy atom. The van der Waals surface area contributed by atoms with E-state index in [9.17, 15) is 0 Å². The first-order chi connectivity index (χ1) is 6.69. The van der Waals surface area contributed by atoms with Gasteiger partial charge in [-0.2, -0.15) is 0 Å². The molecule has 0 radical (unpaired) electrons. The first kappa shape index (κ1) is 9.28. The van der Waals surface area contributed by atoms with Crippen LogP contribution >= 0.6 is 34.2 Å². The van der Waals surface area contributed by atoms with Gasteiger partial charge >= 0.3 is 0 Å². The van der Waals surface area contributed by atoms with Gasteiger partial charge in [0.05, 0.1) is 10.7 Å². The predicted octanol–water partition coefficient (Wildman–Crippen LogP) is 3.54. The fraction of sp³-hybridized carbons (Fsp3) is 0.455. The number of hydrogen-bond donors (Lipinski definition) is 0. The van der Waals surface area contributed by atoms with Crippen molar-refractivity contribution in [1.29, 1.82) is 0 Å². The minimum Gasteiger partial charge on any atom is -0.369 e. The van der Waals surface area contributed by atoms with E-state index in [-0.39, 0.29) is 0 Å². The Hall–Kier alpha value is 0.0400. The lowest BCUT2D eigenvalue weighted by atomic mass is 9.96. The zero-order valence-electron chi connectivity index (χ0n) is 7.76. The average molecular weight is 320 g/mol. The van der Waals surface area contributed by atoms with E-state index in [1.807, 2.05) is 6.07 Å². The van der Waals surface area contributed by atoms with Crippen molar-refractivity contribution in [2.45, 2.75) is 12.8 Å². The molecule has 1 aromatic rings. The van der Waals surface area contributed by atoms with Crippen LogP contribution in [0.2, 0.25) is 5.02 Å². The van der Waals surface area contributed by atoms with Crippen LogP contribution in [0, 0.1) is 8.99 Å². The van der Waals surface area contributed by atoms with Crippen molar-refractivity contribution in [3.05, 3.63) is 26.8 Å². The van der Waals surface area contributed by atoms with E-state index in [1.165, 1.54) is 35.2 Å². The Morgan fingerprint density at radius 2 is 2.00 bits per heavy atom. The van der Waals surface area contributed by atoms with Gasteiger partial charge in [0, 0.05) is 22.1 Å². The van der Waals surface area contributed by atoms with Gasteiger partial charge in [0.15, 0.2) is 0 Å². The van der Waals surface area contributed by atoms with Crippen LogP contribution < -0.4 is 4.90 Å². The SMILES string of the molecule is Clc1cc(I)ccc1N1CC2(CC2)C1. The highest BCUT2D eigenvalue weighted by molar-refractivity contribution is 14.1. The molecule has 2 fully saturated rings. The molecule has 1 saturated heterocycles. The molecule has 74 valence electrons. The van der Waals surface area contributed by atoms with Crippen molar-refractivity contribution < 1.29 is 0 Å². The maximum atomic E-state index is 6.20. The molecule has 0 atom stereocenters. The Kier molecular flexibility index (Phi) is 2.00. The molecule has 0 aromatic heterocycles. The van der Waals surface area contributed by atoms with E-state index in [0.717, 1.165) is 5.02 Å². The first-order valence-electron chi connectivity index (χ1n) is 4.89. The molecule has 3 rings (SSSR count). The maximum absolute atomic E-state index is 6.20. The minimum absolute atomic E-state index is 0.701. The lowest BCUT2D eigenvalue weighted by Gasteiger charge is -2.42. The molecular weight excluding hydrogens is 308 g/mol. The van der Waals surface area contributed by atoms with Crippen molar-refractivity contribution in [2.75, 3.05) is 18.0 Å². The molecule has 1 aliphatic carbocycles. The Balaban J connectivity index is 1.83. The second kappa shape index (κ2) is 3.01. The summed E-state index contributed by atoms with van der Waals surface area (Å²) in [5.41, 5.74) is 1.91. The average Bonchev–Trinajstić information content (AvgIpc) is 2.81. The Morgan fingerprint density at radius 1 is 1.29 bits per heavy atom. The van der Waals surface area contributed by atoms with E-state index in [2.05, 4.69) is 39.6 Å². The number of rotatable bonds is 1. The van der Waals surface area contributed by atoms with Crippen LogP contribution in [0.3, 0.4) is 0 Å². The number of halogens is 2. The molecule has 1 aromatic carbocycles. The quantitative estimate of drug-likeness (QED) is 0.716. The molecule has 14 heavy (non-hydrogen) atoms. The van der Waals surface area contributed by atoms with Gasteiger partial charge in [-0.05, 0) is 53.6 Å². The third-order valence-corrected chi connectivity index (χ3v) is 4.23. The Labute approximate surface area is 103 Å². The number of hydrogen-bond acceptors (Lipinski definition) is 1. The smallest absolute Gasteiger partial charge is 0.0650 e. The topological polar surface area (TPSA) is 3.24 Å². The molecule has 1 heterocycles. The number of nitrogens with zero attached hydrogens (tertiary/aromatic N) is 1. The fourth-order valence-electron chi connectivity index (χ4n) is 2.16. The van der Waals surface area contributed by atoms with Crippen LogP contribution in [0.15, 0.2) is 18.2 Å². The molecule has 0 N–H and O–H groups in total. The van der Waals surface area contributed by atoms with Crippen molar-refractivity contribution >= 4 is 39.9 Å². The summed E-state index contributed by atoms with van der Waals surface area (Å²) >= 11 is 8.50. The first-order valence-corrected chi connectivity index (χ1v) is 6.34. The second-order valence-electron chi connectivity index (χ2n) is 4.45. The molecule has 1 spiro atoms. The van der Waals surface area contributed by atoms with Gasteiger partial charge in [0.25, 0.3) is 0 Å². The number of benzene rings is 1. The molecule has 1 saturated carbocycles. The van der Waals surface area contributed by atoms with Crippen molar-refractivity contribution in [3.8, 4) is 0 Å². The van der Waals surface area contributed by atoms with Crippen molar-refractivity contribution in [3.63, 3.8) is 0 Å². The van der Waals surface area contributed by atoms with Gasteiger partial charge in [0.1, 0.15) is 0 Å². The van der Waals surface area contributed by atoms with Gasteiger partial charge in [0.2, 0.25) is 0 Å². The lowest BCUT2D eigenvalue weighted by molar-refractivity contribution is 0.387.